The van der Waals surface area contributed by atoms with Crippen LogP contribution in [0.3, 0.4) is 0 Å². The molecule has 0 bridgehead atoms. The molecule has 152 valence electrons. The Morgan fingerprint density at radius 3 is 2.41 bits per heavy atom. The minimum absolute atomic E-state index is 0.106. The Labute approximate surface area is 160 Å². The summed E-state index contributed by atoms with van der Waals surface area (Å²) in [6.45, 7) is 9.91. The zero-order valence-corrected chi connectivity index (χ0v) is 16.8. The number of carbonyl (C=O) groups excluding carboxylic acids is 4. The van der Waals surface area contributed by atoms with Crippen molar-refractivity contribution in [3.8, 4) is 0 Å². The molecular weight excluding hydrogens is 352 g/mol. The van der Waals surface area contributed by atoms with Gasteiger partial charge in [0.1, 0.15) is 5.60 Å². The van der Waals surface area contributed by atoms with Gasteiger partial charge in [-0.1, -0.05) is 0 Å². The fourth-order valence-electron chi connectivity index (χ4n) is 3.63. The predicted octanol–water partition coefficient (Wildman–Crippen LogP) is 1.76. The molecule has 2 aliphatic rings. The van der Waals surface area contributed by atoms with Crippen LogP contribution >= 0.6 is 0 Å². The van der Waals surface area contributed by atoms with Gasteiger partial charge in [-0.3, -0.25) is 14.4 Å². The first-order valence-electron chi connectivity index (χ1n) is 9.54. The van der Waals surface area contributed by atoms with E-state index in [0.29, 0.717) is 25.9 Å². The molecule has 0 aromatic rings. The molecule has 8 heteroatoms. The molecule has 0 aromatic heterocycles. The maximum atomic E-state index is 12.8. The van der Waals surface area contributed by atoms with Crippen molar-refractivity contribution in [2.75, 3.05) is 19.7 Å². The van der Waals surface area contributed by atoms with Gasteiger partial charge in [-0.25, -0.2) is 4.79 Å². The van der Waals surface area contributed by atoms with E-state index >= 15 is 0 Å². The summed E-state index contributed by atoms with van der Waals surface area (Å²) in [6.07, 6.45) is 0.946. The number of rotatable bonds is 3. The molecule has 2 saturated heterocycles. The summed E-state index contributed by atoms with van der Waals surface area (Å²) in [4.78, 5) is 52.5. The number of ether oxygens (including phenoxy) is 2. The molecule has 8 nitrogen and oxygen atoms in total. The monoisotopic (exact) mass is 382 g/mol. The topological polar surface area (TPSA) is 93.2 Å². The van der Waals surface area contributed by atoms with Crippen LogP contribution in [0.2, 0.25) is 0 Å². The lowest BCUT2D eigenvalue weighted by Crippen LogP contribution is -2.58. The molecule has 2 amide bonds. The zero-order valence-electron chi connectivity index (χ0n) is 16.8. The number of Topliss-reactive ketones (excluding diaryl/α,β-unsaturated/α-hetero) is 1. The van der Waals surface area contributed by atoms with E-state index in [1.807, 2.05) is 27.7 Å². The van der Waals surface area contributed by atoms with Crippen LogP contribution in [-0.2, 0) is 23.9 Å². The lowest BCUT2D eigenvalue weighted by Gasteiger charge is -2.44. The van der Waals surface area contributed by atoms with Gasteiger partial charge in [0, 0.05) is 31.6 Å². The molecule has 3 atom stereocenters. The minimum atomic E-state index is -1.35. The fourth-order valence-corrected chi connectivity index (χ4v) is 3.63. The van der Waals surface area contributed by atoms with Gasteiger partial charge in [-0.05, 0) is 47.5 Å². The average molecular weight is 382 g/mol. The van der Waals surface area contributed by atoms with E-state index in [-0.39, 0.29) is 37.0 Å². The minimum Gasteiger partial charge on any atom is -0.465 e. The molecule has 2 fully saturated rings. The summed E-state index contributed by atoms with van der Waals surface area (Å²) >= 11 is 0. The predicted molar refractivity (Wildman–Crippen MR) is 96.9 cm³/mol. The molecule has 2 rings (SSSR count). The third-order valence-corrected chi connectivity index (χ3v) is 4.89. The Hall–Kier alpha value is -2.12. The number of esters is 1. The molecule has 0 spiro atoms. The van der Waals surface area contributed by atoms with E-state index in [9.17, 15) is 19.2 Å². The first kappa shape index (κ1) is 21.2. The van der Waals surface area contributed by atoms with Crippen LogP contribution < -0.4 is 0 Å². The highest BCUT2D eigenvalue weighted by molar-refractivity contribution is 6.17. The van der Waals surface area contributed by atoms with Crippen molar-refractivity contribution in [1.82, 2.24) is 9.80 Å². The van der Waals surface area contributed by atoms with Crippen LogP contribution in [-0.4, -0.2) is 70.9 Å². The van der Waals surface area contributed by atoms with Crippen molar-refractivity contribution in [2.24, 2.45) is 5.92 Å². The normalized spacial score (nSPS) is 26.8. The number of hydrogen-bond acceptors (Lipinski definition) is 6. The molecule has 0 N–H and O–H groups in total. The van der Waals surface area contributed by atoms with E-state index in [2.05, 4.69) is 0 Å². The zero-order chi connectivity index (χ0) is 20.4. The number of amides is 2. The molecular formula is C19H30N2O6. The lowest BCUT2D eigenvalue weighted by molar-refractivity contribution is -0.162. The third-order valence-electron chi connectivity index (χ3n) is 4.89. The average Bonchev–Trinajstić information content (AvgIpc) is 2.53. The number of carbonyl (C=O) groups is 4. The number of hydrogen-bond donors (Lipinski definition) is 0. The van der Waals surface area contributed by atoms with Crippen molar-refractivity contribution >= 4 is 23.8 Å². The van der Waals surface area contributed by atoms with E-state index < -0.39 is 23.4 Å². The SMILES string of the molecule is CCOC(=O)C1C(=O)CCN(C2CCN(C(=O)OC(C)(C)C)[C@H](C)C2)C1=O. The van der Waals surface area contributed by atoms with Crippen molar-refractivity contribution in [3.05, 3.63) is 0 Å². The third kappa shape index (κ3) is 4.99. The van der Waals surface area contributed by atoms with Gasteiger partial charge in [0.25, 0.3) is 0 Å². The van der Waals surface area contributed by atoms with Crippen LogP contribution in [0.4, 0.5) is 4.79 Å². The summed E-state index contributed by atoms with van der Waals surface area (Å²) in [5.41, 5.74) is -0.566. The molecule has 0 radical (unpaired) electrons. The quantitative estimate of drug-likeness (QED) is 0.545. The molecule has 2 aliphatic heterocycles. The highest BCUT2D eigenvalue weighted by Crippen LogP contribution is 2.28. The van der Waals surface area contributed by atoms with Crippen molar-refractivity contribution < 1.29 is 28.7 Å². The summed E-state index contributed by atoms with van der Waals surface area (Å²) in [7, 11) is 0. The van der Waals surface area contributed by atoms with Crippen molar-refractivity contribution in [3.63, 3.8) is 0 Å². The van der Waals surface area contributed by atoms with Gasteiger partial charge >= 0.3 is 12.1 Å². The second-order valence-corrected chi connectivity index (χ2v) is 8.13. The maximum Gasteiger partial charge on any atom is 0.410 e. The van der Waals surface area contributed by atoms with E-state index in [1.165, 1.54) is 0 Å². The summed E-state index contributed by atoms with van der Waals surface area (Å²) in [5, 5.41) is 0. The highest BCUT2D eigenvalue weighted by Gasteiger charge is 2.45. The molecule has 2 heterocycles. The van der Waals surface area contributed by atoms with E-state index in [1.54, 1.807) is 16.7 Å². The first-order chi connectivity index (χ1) is 12.5. The van der Waals surface area contributed by atoms with Gasteiger partial charge in [0.15, 0.2) is 11.7 Å². The van der Waals surface area contributed by atoms with Crippen molar-refractivity contribution in [1.29, 1.82) is 0 Å². The fraction of sp³-hybridized carbons (Fsp3) is 0.789. The van der Waals surface area contributed by atoms with Crippen LogP contribution in [0, 0.1) is 5.92 Å². The molecule has 0 aliphatic carbocycles. The van der Waals surface area contributed by atoms with Gasteiger partial charge < -0.3 is 19.3 Å². The first-order valence-corrected chi connectivity index (χ1v) is 9.54. The Morgan fingerprint density at radius 2 is 1.85 bits per heavy atom. The van der Waals surface area contributed by atoms with Crippen molar-refractivity contribution in [2.45, 2.75) is 71.6 Å². The van der Waals surface area contributed by atoms with Crippen LogP contribution in [0.5, 0.6) is 0 Å². The van der Waals surface area contributed by atoms with E-state index in [0.717, 1.165) is 0 Å². The Bertz CT molecular complexity index is 612. The molecule has 0 aromatic carbocycles. The van der Waals surface area contributed by atoms with Gasteiger partial charge in [-0.2, -0.15) is 0 Å². The Morgan fingerprint density at radius 1 is 1.19 bits per heavy atom. The van der Waals surface area contributed by atoms with Gasteiger partial charge in [0.05, 0.1) is 6.61 Å². The summed E-state index contributed by atoms with van der Waals surface area (Å²) in [5.74, 6) is -2.98. The van der Waals surface area contributed by atoms with Gasteiger partial charge in [-0.15, -0.1) is 0 Å². The number of likely N-dealkylation sites (tertiary alicyclic amines) is 2. The second-order valence-electron chi connectivity index (χ2n) is 8.13. The number of nitrogens with zero attached hydrogens (tertiary/aromatic N) is 2. The second kappa shape index (κ2) is 8.27. The molecule has 0 saturated carbocycles. The smallest absolute Gasteiger partial charge is 0.410 e. The number of piperidine rings is 2. The highest BCUT2D eigenvalue weighted by atomic mass is 16.6. The largest absolute Gasteiger partial charge is 0.465 e. The standard InChI is InChI=1S/C19H30N2O6/c1-6-26-17(24)15-14(22)8-10-21(16(15)23)13-7-9-20(12(2)11-13)18(25)27-19(3,4)5/h12-13,15H,6-11H2,1-5H3/t12-,13?,15?/m1/s1. The Balaban J connectivity index is 2.03. The summed E-state index contributed by atoms with van der Waals surface area (Å²) in [6, 6.07) is -0.221. The van der Waals surface area contributed by atoms with Crippen LogP contribution in [0.1, 0.15) is 53.9 Å². The van der Waals surface area contributed by atoms with E-state index in [4.69, 9.17) is 9.47 Å². The lowest BCUT2D eigenvalue weighted by atomic mass is 9.90. The molecule has 27 heavy (non-hydrogen) atoms. The van der Waals surface area contributed by atoms with Gasteiger partial charge in [0.2, 0.25) is 5.91 Å². The van der Waals surface area contributed by atoms with Crippen LogP contribution in [0.15, 0.2) is 0 Å². The maximum absolute atomic E-state index is 12.8. The number of ketones is 1. The Kier molecular flexibility index (Phi) is 6.49. The molecule has 2 unspecified atom stereocenters. The summed E-state index contributed by atoms with van der Waals surface area (Å²) < 4.78 is 10.3. The van der Waals surface area contributed by atoms with Crippen LogP contribution in [0.25, 0.3) is 0 Å².